The van der Waals surface area contributed by atoms with Crippen LogP contribution in [0, 0.1) is 5.92 Å². The Kier molecular flexibility index (Phi) is 5.93. The van der Waals surface area contributed by atoms with Crippen LogP contribution in [0.1, 0.15) is 50.8 Å². The van der Waals surface area contributed by atoms with Gasteiger partial charge in [-0.05, 0) is 37.0 Å². The van der Waals surface area contributed by atoms with Gasteiger partial charge in [0, 0.05) is 17.5 Å². The van der Waals surface area contributed by atoms with Crippen molar-refractivity contribution in [1.29, 1.82) is 0 Å². The van der Waals surface area contributed by atoms with Crippen molar-refractivity contribution in [3.8, 4) is 0 Å². The normalized spacial score (nSPS) is 18.2. The zero-order valence-electron chi connectivity index (χ0n) is 11.9. The molecule has 1 N–H and O–H groups in total. The van der Waals surface area contributed by atoms with E-state index in [1.165, 1.54) is 37.0 Å². The smallest absolute Gasteiger partial charge is 0.0934 e. The first-order valence-corrected chi connectivity index (χ1v) is 8.54. The van der Waals surface area contributed by atoms with Crippen molar-refractivity contribution in [1.82, 2.24) is 5.32 Å². The quantitative estimate of drug-likeness (QED) is 0.771. The molecule has 0 aliphatic heterocycles. The number of halogens is 1. The largest absolute Gasteiger partial charge is 0.311 e. The summed E-state index contributed by atoms with van der Waals surface area (Å²) in [6, 6.07) is 4.66. The predicted molar refractivity (Wildman–Crippen MR) is 87.0 cm³/mol. The van der Waals surface area contributed by atoms with Gasteiger partial charge in [0.2, 0.25) is 0 Å². The summed E-state index contributed by atoms with van der Waals surface area (Å²) in [7, 11) is 0. The number of hydrogen-bond donors (Lipinski definition) is 1. The Morgan fingerprint density at radius 1 is 1.37 bits per heavy atom. The highest BCUT2D eigenvalue weighted by Crippen LogP contribution is 2.32. The molecule has 0 spiro atoms. The molecule has 0 unspecified atom stereocenters. The minimum absolute atomic E-state index is 0.541. The Balaban J connectivity index is 2.10. The summed E-state index contributed by atoms with van der Waals surface area (Å²) in [4.78, 5) is 1.29. The Morgan fingerprint density at radius 3 is 2.68 bits per heavy atom. The second kappa shape index (κ2) is 7.47. The van der Waals surface area contributed by atoms with Crippen LogP contribution in [0.4, 0.5) is 0 Å². The van der Waals surface area contributed by atoms with Gasteiger partial charge < -0.3 is 5.32 Å². The highest BCUT2D eigenvalue weighted by Gasteiger charge is 2.18. The van der Waals surface area contributed by atoms with Crippen LogP contribution in [0.3, 0.4) is 0 Å². The maximum absolute atomic E-state index is 6.03. The lowest BCUT2D eigenvalue weighted by atomic mass is 9.83. The fourth-order valence-corrected chi connectivity index (χ4v) is 3.74. The van der Waals surface area contributed by atoms with Crippen molar-refractivity contribution < 1.29 is 0 Å². The Morgan fingerprint density at radius 2 is 2.11 bits per heavy atom. The van der Waals surface area contributed by atoms with Crippen LogP contribution >= 0.6 is 22.9 Å². The average molecular weight is 298 g/mol. The van der Waals surface area contributed by atoms with Gasteiger partial charge in [-0.1, -0.05) is 50.3 Å². The topological polar surface area (TPSA) is 12.0 Å². The third-order valence-corrected chi connectivity index (χ3v) is 4.94. The molecular formula is C16H24ClNS. The van der Waals surface area contributed by atoms with E-state index in [9.17, 15) is 0 Å². The van der Waals surface area contributed by atoms with E-state index in [1.807, 2.05) is 6.07 Å². The summed E-state index contributed by atoms with van der Waals surface area (Å²) >= 11 is 7.71. The minimum Gasteiger partial charge on any atom is -0.311 e. The zero-order valence-corrected chi connectivity index (χ0v) is 13.5. The SMILES string of the molecule is CC(C)NCC(=Cc1ccc(Cl)s1)C1CCCCC1. The molecule has 1 aliphatic rings. The molecule has 1 nitrogen and oxygen atoms in total. The molecule has 19 heavy (non-hydrogen) atoms. The van der Waals surface area contributed by atoms with Crippen molar-refractivity contribution in [3.63, 3.8) is 0 Å². The van der Waals surface area contributed by atoms with E-state index in [2.05, 4.69) is 31.3 Å². The maximum atomic E-state index is 6.03. The van der Waals surface area contributed by atoms with Crippen LogP contribution in [0.5, 0.6) is 0 Å². The highest BCUT2D eigenvalue weighted by molar-refractivity contribution is 7.17. The lowest BCUT2D eigenvalue weighted by Crippen LogP contribution is -2.27. The molecule has 0 aromatic carbocycles. The van der Waals surface area contributed by atoms with Crippen LogP contribution in [-0.2, 0) is 0 Å². The van der Waals surface area contributed by atoms with Crippen molar-refractivity contribution in [2.24, 2.45) is 5.92 Å². The molecule has 1 aromatic rings. The Bertz CT molecular complexity index is 416. The van der Waals surface area contributed by atoms with Gasteiger partial charge in [0.15, 0.2) is 0 Å². The van der Waals surface area contributed by atoms with E-state index in [4.69, 9.17) is 11.6 Å². The maximum Gasteiger partial charge on any atom is 0.0934 e. The first-order chi connectivity index (χ1) is 9.15. The van der Waals surface area contributed by atoms with Crippen molar-refractivity contribution in [2.45, 2.75) is 52.0 Å². The van der Waals surface area contributed by atoms with Gasteiger partial charge in [-0.25, -0.2) is 0 Å². The molecule has 0 radical (unpaired) electrons. The monoisotopic (exact) mass is 297 g/mol. The van der Waals surface area contributed by atoms with Gasteiger partial charge in [0.05, 0.1) is 4.34 Å². The van der Waals surface area contributed by atoms with E-state index in [0.717, 1.165) is 16.8 Å². The van der Waals surface area contributed by atoms with E-state index >= 15 is 0 Å². The van der Waals surface area contributed by atoms with Gasteiger partial charge >= 0.3 is 0 Å². The molecule has 0 bridgehead atoms. The van der Waals surface area contributed by atoms with E-state index in [0.29, 0.717) is 6.04 Å². The molecule has 1 heterocycles. The summed E-state index contributed by atoms with van der Waals surface area (Å²) in [6.07, 6.45) is 9.24. The standard InChI is InChI=1S/C16H24ClNS/c1-12(2)18-11-14(13-6-4-3-5-7-13)10-15-8-9-16(17)19-15/h8-10,12-13,18H,3-7,11H2,1-2H3. The zero-order chi connectivity index (χ0) is 13.7. The number of hydrogen-bond acceptors (Lipinski definition) is 2. The molecular weight excluding hydrogens is 274 g/mol. The van der Waals surface area contributed by atoms with Crippen LogP contribution in [-0.4, -0.2) is 12.6 Å². The Hall–Kier alpha value is -0.310. The van der Waals surface area contributed by atoms with Gasteiger partial charge in [-0.2, -0.15) is 0 Å². The number of nitrogens with one attached hydrogen (secondary N) is 1. The summed E-state index contributed by atoms with van der Waals surface area (Å²) in [5.41, 5.74) is 1.56. The van der Waals surface area contributed by atoms with Crippen LogP contribution < -0.4 is 5.32 Å². The molecule has 0 amide bonds. The molecule has 3 heteroatoms. The first-order valence-electron chi connectivity index (χ1n) is 7.34. The molecule has 1 saturated carbocycles. The summed E-state index contributed by atoms with van der Waals surface area (Å²) < 4.78 is 0.881. The number of thiophene rings is 1. The summed E-state index contributed by atoms with van der Waals surface area (Å²) in [5.74, 6) is 0.765. The average Bonchev–Trinajstić information content (AvgIpc) is 2.81. The van der Waals surface area contributed by atoms with Gasteiger partial charge in [0.25, 0.3) is 0 Å². The molecule has 1 aliphatic carbocycles. The molecule has 1 aromatic heterocycles. The fraction of sp³-hybridized carbons (Fsp3) is 0.625. The van der Waals surface area contributed by atoms with Gasteiger partial charge in [-0.3, -0.25) is 0 Å². The Labute approximate surface area is 126 Å². The minimum atomic E-state index is 0.541. The van der Waals surface area contributed by atoms with E-state index in [-0.39, 0.29) is 0 Å². The third kappa shape index (κ3) is 4.94. The lowest BCUT2D eigenvalue weighted by molar-refractivity contribution is 0.394. The summed E-state index contributed by atoms with van der Waals surface area (Å²) in [6.45, 7) is 5.43. The van der Waals surface area contributed by atoms with Crippen LogP contribution in [0.2, 0.25) is 4.34 Å². The molecule has 1 fully saturated rings. The van der Waals surface area contributed by atoms with Crippen molar-refractivity contribution >= 4 is 29.0 Å². The van der Waals surface area contributed by atoms with Crippen molar-refractivity contribution in [2.75, 3.05) is 6.54 Å². The molecule has 0 atom stereocenters. The lowest BCUT2D eigenvalue weighted by Gasteiger charge is -2.25. The van der Waals surface area contributed by atoms with Crippen molar-refractivity contribution in [3.05, 3.63) is 26.9 Å². The molecule has 2 rings (SSSR count). The van der Waals surface area contributed by atoms with Gasteiger partial charge in [0.1, 0.15) is 0 Å². The second-order valence-electron chi connectivity index (χ2n) is 5.73. The molecule has 0 saturated heterocycles. The molecule has 106 valence electrons. The van der Waals surface area contributed by atoms with E-state index in [1.54, 1.807) is 16.9 Å². The predicted octanol–water partition coefficient (Wildman–Crippen LogP) is 5.36. The van der Waals surface area contributed by atoms with Crippen LogP contribution in [0.25, 0.3) is 6.08 Å². The number of rotatable bonds is 5. The second-order valence-corrected chi connectivity index (χ2v) is 7.48. The van der Waals surface area contributed by atoms with E-state index < -0.39 is 0 Å². The van der Waals surface area contributed by atoms with Gasteiger partial charge in [-0.15, -0.1) is 11.3 Å². The highest BCUT2D eigenvalue weighted by atomic mass is 35.5. The third-order valence-electron chi connectivity index (χ3n) is 3.77. The summed E-state index contributed by atoms with van der Waals surface area (Å²) in [5, 5.41) is 3.57. The van der Waals surface area contributed by atoms with Crippen LogP contribution in [0.15, 0.2) is 17.7 Å². The fourth-order valence-electron chi connectivity index (χ4n) is 2.70. The first kappa shape index (κ1) is 15.1.